The minimum atomic E-state index is -0.323. The van der Waals surface area contributed by atoms with Crippen LogP contribution in [0.1, 0.15) is 25.3 Å². The lowest BCUT2D eigenvalue weighted by Gasteiger charge is -2.19. The van der Waals surface area contributed by atoms with E-state index in [1.807, 2.05) is 24.3 Å². The van der Waals surface area contributed by atoms with Crippen molar-refractivity contribution in [2.24, 2.45) is 5.73 Å². The number of benzene rings is 2. The van der Waals surface area contributed by atoms with Gasteiger partial charge in [-0.05, 0) is 37.9 Å². The Morgan fingerprint density at radius 2 is 1.61 bits per heavy atom. The van der Waals surface area contributed by atoms with Crippen molar-refractivity contribution in [3.8, 4) is 0 Å². The van der Waals surface area contributed by atoms with Crippen molar-refractivity contribution in [2.45, 2.75) is 25.3 Å². The van der Waals surface area contributed by atoms with Gasteiger partial charge in [0, 0.05) is 21.8 Å². The summed E-state index contributed by atoms with van der Waals surface area (Å²) in [5, 5.41) is 2.33. The van der Waals surface area contributed by atoms with E-state index < -0.39 is 0 Å². The lowest BCUT2D eigenvalue weighted by Crippen LogP contribution is -2.21. The van der Waals surface area contributed by atoms with E-state index in [-0.39, 0.29) is 12.0 Å². The maximum Gasteiger partial charge on any atom is 0.328 e. The number of carbonyl (C=O) groups excluding carboxylic acids is 1. The van der Waals surface area contributed by atoms with E-state index >= 15 is 0 Å². The molecule has 0 saturated heterocycles. The molecule has 0 spiro atoms. The van der Waals surface area contributed by atoms with E-state index in [2.05, 4.69) is 28.8 Å². The average Bonchev–Trinajstić information content (AvgIpc) is 2.93. The van der Waals surface area contributed by atoms with Gasteiger partial charge in [-0.2, -0.15) is 0 Å². The summed E-state index contributed by atoms with van der Waals surface area (Å²) >= 11 is 0. The van der Waals surface area contributed by atoms with E-state index in [0.29, 0.717) is 6.54 Å². The van der Waals surface area contributed by atoms with Gasteiger partial charge in [0.1, 0.15) is 6.04 Å². The van der Waals surface area contributed by atoms with Crippen molar-refractivity contribution in [2.75, 3.05) is 13.7 Å². The number of esters is 1. The molecule has 120 valence electrons. The van der Waals surface area contributed by atoms with Crippen LogP contribution in [0, 0.1) is 0 Å². The Morgan fingerprint density at radius 3 is 2.13 bits per heavy atom. The van der Waals surface area contributed by atoms with Crippen molar-refractivity contribution in [3.05, 3.63) is 48.5 Å². The Bertz CT molecular complexity index is 769. The average molecular weight is 310 g/mol. The molecule has 3 aromatic rings. The van der Waals surface area contributed by atoms with Gasteiger partial charge in [-0.1, -0.05) is 36.4 Å². The molecule has 1 aromatic heterocycles. The topological polar surface area (TPSA) is 57.2 Å². The minimum Gasteiger partial charge on any atom is -0.467 e. The summed E-state index contributed by atoms with van der Waals surface area (Å²) in [4.78, 5) is 12.4. The molecule has 2 N–H and O–H groups in total. The summed E-state index contributed by atoms with van der Waals surface area (Å²) in [5.41, 5.74) is 7.73. The summed E-state index contributed by atoms with van der Waals surface area (Å²) in [6.45, 7) is 0.640. The highest BCUT2D eigenvalue weighted by Crippen LogP contribution is 2.33. The first-order valence-corrected chi connectivity index (χ1v) is 8.03. The summed E-state index contributed by atoms with van der Waals surface area (Å²) in [6, 6.07) is 16.1. The Hall–Kier alpha value is -2.33. The number of ether oxygens (including phenoxy) is 1. The SMILES string of the molecule is COC(=O)C(CCCCN)n1c2ccccc2c2ccccc21. The van der Waals surface area contributed by atoms with Crippen molar-refractivity contribution < 1.29 is 9.53 Å². The van der Waals surface area contributed by atoms with Crippen molar-refractivity contribution in [1.29, 1.82) is 0 Å². The van der Waals surface area contributed by atoms with Crippen LogP contribution in [0.5, 0.6) is 0 Å². The van der Waals surface area contributed by atoms with Crippen LogP contribution in [0.25, 0.3) is 21.8 Å². The second-order valence-corrected chi connectivity index (χ2v) is 5.73. The maximum atomic E-state index is 12.4. The summed E-state index contributed by atoms with van der Waals surface area (Å²) < 4.78 is 7.19. The zero-order chi connectivity index (χ0) is 16.2. The highest BCUT2D eigenvalue weighted by Gasteiger charge is 2.24. The quantitative estimate of drug-likeness (QED) is 0.558. The van der Waals surface area contributed by atoms with E-state index in [1.165, 1.54) is 7.11 Å². The molecule has 1 heterocycles. The molecule has 0 bridgehead atoms. The van der Waals surface area contributed by atoms with E-state index in [0.717, 1.165) is 41.1 Å². The molecule has 0 saturated carbocycles. The maximum absolute atomic E-state index is 12.4. The van der Waals surface area contributed by atoms with Crippen LogP contribution in [-0.2, 0) is 9.53 Å². The molecule has 0 amide bonds. The first kappa shape index (κ1) is 15.6. The Morgan fingerprint density at radius 1 is 1.04 bits per heavy atom. The molecule has 1 unspecified atom stereocenters. The van der Waals surface area contributed by atoms with Gasteiger partial charge < -0.3 is 15.0 Å². The fourth-order valence-corrected chi connectivity index (χ4v) is 3.26. The van der Waals surface area contributed by atoms with Crippen LogP contribution in [0.2, 0.25) is 0 Å². The third kappa shape index (κ3) is 2.82. The summed E-state index contributed by atoms with van der Waals surface area (Å²) in [7, 11) is 1.45. The standard InChI is InChI=1S/C19H22N2O2/c1-23-19(22)18(12-6-7-13-20)21-16-10-4-2-8-14(16)15-9-3-5-11-17(15)21/h2-5,8-11,18H,6-7,12-13,20H2,1H3. The molecule has 0 aliphatic rings. The minimum absolute atomic E-state index is 0.200. The van der Waals surface area contributed by atoms with Crippen LogP contribution in [0.3, 0.4) is 0 Å². The Kier molecular flexibility index (Phi) is 4.63. The number of para-hydroxylation sites is 2. The van der Waals surface area contributed by atoms with Gasteiger partial charge in [0.2, 0.25) is 0 Å². The normalized spacial score (nSPS) is 12.6. The third-order valence-corrected chi connectivity index (χ3v) is 4.33. The molecule has 0 fully saturated rings. The highest BCUT2D eigenvalue weighted by atomic mass is 16.5. The number of aromatic nitrogens is 1. The summed E-state index contributed by atoms with van der Waals surface area (Å²) in [5.74, 6) is -0.200. The number of methoxy groups -OCH3 is 1. The molecular formula is C19H22N2O2. The third-order valence-electron chi connectivity index (χ3n) is 4.33. The van der Waals surface area contributed by atoms with Crippen molar-refractivity contribution in [1.82, 2.24) is 4.57 Å². The van der Waals surface area contributed by atoms with E-state index in [4.69, 9.17) is 10.5 Å². The number of hydrogen-bond donors (Lipinski definition) is 1. The Balaban J connectivity index is 2.18. The molecule has 0 radical (unpaired) electrons. The van der Waals surface area contributed by atoms with Crippen molar-refractivity contribution in [3.63, 3.8) is 0 Å². The lowest BCUT2D eigenvalue weighted by atomic mass is 10.1. The highest BCUT2D eigenvalue weighted by molar-refractivity contribution is 6.08. The molecule has 4 nitrogen and oxygen atoms in total. The first-order valence-electron chi connectivity index (χ1n) is 8.03. The predicted octanol–water partition coefficient (Wildman–Crippen LogP) is 3.64. The predicted molar refractivity (Wildman–Crippen MR) is 93.4 cm³/mol. The van der Waals surface area contributed by atoms with Crippen LogP contribution in [-0.4, -0.2) is 24.2 Å². The number of hydrogen-bond acceptors (Lipinski definition) is 3. The van der Waals surface area contributed by atoms with Gasteiger partial charge in [0.15, 0.2) is 0 Å². The van der Waals surface area contributed by atoms with Crippen LogP contribution >= 0.6 is 0 Å². The second kappa shape index (κ2) is 6.84. The first-order chi connectivity index (χ1) is 11.3. The molecule has 2 aromatic carbocycles. The molecular weight excluding hydrogens is 288 g/mol. The number of rotatable bonds is 6. The van der Waals surface area contributed by atoms with Gasteiger partial charge in [-0.15, -0.1) is 0 Å². The molecule has 0 aliphatic heterocycles. The van der Waals surface area contributed by atoms with E-state index in [9.17, 15) is 4.79 Å². The number of carbonyl (C=O) groups is 1. The Labute approximate surface area is 135 Å². The lowest BCUT2D eigenvalue weighted by molar-refractivity contribution is -0.144. The fourth-order valence-electron chi connectivity index (χ4n) is 3.26. The molecule has 3 rings (SSSR count). The van der Waals surface area contributed by atoms with Crippen LogP contribution < -0.4 is 5.73 Å². The number of nitrogens with two attached hydrogens (primary N) is 1. The van der Waals surface area contributed by atoms with Gasteiger partial charge in [0.05, 0.1) is 7.11 Å². The fraction of sp³-hybridized carbons (Fsp3) is 0.316. The van der Waals surface area contributed by atoms with Crippen molar-refractivity contribution >= 4 is 27.8 Å². The van der Waals surface area contributed by atoms with Gasteiger partial charge in [-0.3, -0.25) is 0 Å². The van der Waals surface area contributed by atoms with Gasteiger partial charge >= 0.3 is 5.97 Å². The zero-order valence-corrected chi connectivity index (χ0v) is 13.4. The number of fused-ring (bicyclic) bond motifs is 3. The zero-order valence-electron chi connectivity index (χ0n) is 13.4. The van der Waals surface area contributed by atoms with Crippen LogP contribution in [0.4, 0.5) is 0 Å². The molecule has 23 heavy (non-hydrogen) atoms. The van der Waals surface area contributed by atoms with Gasteiger partial charge in [0.25, 0.3) is 0 Å². The molecule has 0 aliphatic carbocycles. The largest absolute Gasteiger partial charge is 0.467 e. The second-order valence-electron chi connectivity index (χ2n) is 5.73. The summed E-state index contributed by atoms with van der Waals surface area (Å²) in [6.07, 6.45) is 2.54. The van der Waals surface area contributed by atoms with Gasteiger partial charge in [-0.25, -0.2) is 4.79 Å². The monoisotopic (exact) mass is 310 g/mol. The molecule has 4 heteroatoms. The number of nitrogens with zero attached hydrogens (tertiary/aromatic N) is 1. The number of unbranched alkanes of at least 4 members (excludes halogenated alkanes) is 1. The smallest absolute Gasteiger partial charge is 0.328 e. The molecule has 1 atom stereocenters. The van der Waals surface area contributed by atoms with Crippen LogP contribution in [0.15, 0.2) is 48.5 Å². The van der Waals surface area contributed by atoms with E-state index in [1.54, 1.807) is 0 Å².